The number of benzene rings is 2. The van der Waals surface area contributed by atoms with Gasteiger partial charge in [-0.1, -0.05) is 47.5 Å². The zero-order valence-electron chi connectivity index (χ0n) is 12.2. The molecule has 1 aromatic heterocycles. The Hall–Kier alpha value is -2.17. The second-order valence-electron chi connectivity index (χ2n) is 5.09. The summed E-state index contributed by atoms with van der Waals surface area (Å²) in [6.07, 6.45) is 2.70. The topological polar surface area (TPSA) is 56.9 Å². The summed E-state index contributed by atoms with van der Waals surface area (Å²) in [6, 6.07) is 12.8. The number of para-hydroxylation sites is 2. The number of aromatic amines is 1. The monoisotopic (exact) mass is 347 g/mol. The molecule has 3 aromatic rings. The van der Waals surface area contributed by atoms with Gasteiger partial charge in [-0.25, -0.2) is 4.79 Å². The van der Waals surface area contributed by atoms with Gasteiger partial charge in [0.1, 0.15) is 0 Å². The highest BCUT2D eigenvalue weighted by Crippen LogP contribution is 2.29. The van der Waals surface area contributed by atoms with Gasteiger partial charge in [0.05, 0.1) is 15.7 Å². The van der Waals surface area contributed by atoms with Crippen molar-refractivity contribution in [3.8, 4) is 0 Å². The number of nitrogens with one attached hydrogen (secondary N) is 3. The molecule has 3 rings (SSSR count). The molecule has 2 amide bonds. The number of halogens is 2. The van der Waals surface area contributed by atoms with Crippen molar-refractivity contribution >= 4 is 45.8 Å². The van der Waals surface area contributed by atoms with Crippen molar-refractivity contribution in [1.29, 1.82) is 0 Å². The summed E-state index contributed by atoms with van der Waals surface area (Å²) in [6.45, 7) is 0.510. The Morgan fingerprint density at radius 2 is 1.78 bits per heavy atom. The number of hydrogen-bond donors (Lipinski definition) is 3. The van der Waals surface area contributed by atoms with E-state index in [2.05, 4.69) is 21.7 Å². The zero-order chi connectivity index (χ0) is 16.2. The molecule has 0 fully saturated rings. The third-order valence-corrected chi connectivity index (χ3v) is 4.19. The van der Waals surface area contributed by atoms with Gasteiger partial charge in [0, 0.05) is 23.6 Å². The van der Waals surface area contributed by atoms with E-state index >= 15 is 0 Å². The lowest BCUT2D eigenvalue weighted by Gasteiger charge is -2.10. The summed E-state index contributed by atoms with van der Waals surface area (Å²) in [7, 11) is 0. The Balaban J connectivity index is 1.57. The number of H-pyrrole nitrogens is 1. The van der Waals surface area contributed by atoms with Gasteiger partial charge < -0.3 is 15.6 Å². The summed E-state index contributed by atoms with van der Waals surface area (Å²) >= 11 is 12.0. The quantitative estimate of drug-likeness (QED) is 0.621. The summed E-state index contributed by atoms with van der Waals surface area (Å²) in [5, 5.41) is 7.47. The first-order valence-electron chi connectivity index (χ1n) is 7.19. The van der Waals surface area contributed by atoms with Crippen molar-refractivity contribution in [3.05, 3.63) is 64.3 Å². The Bertz CT molecular complexity index is 824. The zero-order valence-corrected chi connectivity index (χ0v) is 13.7. The van der Waals surface area contributed by atoms with Crippen molar-refractivity contribution in [2.45, 2.75) is 6.42 Å². The van der Waals surface area contributed by atoms with Crippen LogP contribution < -0.4 is 10.6 Å². The van der Waals surface area contributed by atoms with Crippen LogP contribution in [0.15, 0.2) is 48.7 Å². The lowest BCUT2D eigenvalue weighted by atomic mass is 10.1. The average Bonchev–Trinajstić information content (AvgIpc) is 2.95. The summed E-state index contributed by atoms with van der Waals surface area (Å²) in [5.41, 5.74) is 2.67. The minimum absolute atomic E-state index is 0.333. The van der Waals surface area contributed by atoms with Crippen LogP contribution in [-0.4, -0.2) is 17.6 Å². The lowest BCUT2D eigenvalue weighted by Crippen LogP contribution is -2.30. The van der Waals surface area contributed by atoms with E-state index in [-0.39, 0.29) is 6.03 Å². The first-order chi connectivity index (χ1) is 11.1. The van der Waals surface area contributed by atoms with Crippen LogP contribution in [0.4, 0.5) is 10.5 Å². The molecule has 0 bridgehead atoms. The number of anilines is 1. The van der Waals surface area contributed by atoms with Crippen LogP contribution in [0.1, 0.15) is 5.56 Å². The standard InChI is InChI=1S/C17H15Cl2N3O/c18-13-5-3-6-14(19)16(13)22-17(23)20-9-8-11-10-21-15-7-2-1-4-12(11)15/h1-7,10,21H,8-9H2,(H2,20,22,23). The van der Waals surface area contributed by atoms with Gasteiger partial charge in [0.25, 0.3) is 0 Å². The molecule has 0 aliphatic heterocycles. The van der Waals surface area contributed by atoms with Gasteiger partial charge in [-0.15, -0.1) is 0 Å². The summed E-state index contributed by atoms with van der Waals surface area (Å²) in [4.78, 5) is 15.2. The third-order valence-electron chi connectivity index (χ3n) is 3.56. The second-order valence-corrected chi connectivity index (χ2v) is 5.90. The normalized spacial score (nSPS) is 10.7. The van der Waals surface area contributed by atoms with Crippen LogP contribution in [0.2, 0.25) is 10.0 Å². The van der Waals surface area contributed by atoms with Crippen LogP contribution in [0.25, 0.3) is 10.9 Å². The van der Waals surface area contributed by atoms with Crippen LogP contribution in [0, 0.1) is 0 Å². The maximum Gasteiger partial charge on any atom is 0.319 e. The van der Waals surface area contributed by atoms with Gasteiger partial charge >= 0.3 is 6.03 Å². The number of rotatable bonds is 4. The van der Waals surface area contributed by atoms with Crippen molar-refractivity contribution in [2.75, 3.05) is 11.9 Å². The fourth-order valence-corrected chi connectivity index (χ4v) is 2.92. The Labute approximate surface area is 143 Å². The van der Waals surface area contributed by atoms with E-state index in [0.717, 1.165) is 17.5 Å². The minimum atomic E-state index is -0.333. The number of urea groups is 1. The minimum Gasteiger partial charge on any atom is -0.361 e. The van der Waals surface area contributed by atoms with Crippen molar-refractivity contribution < 1.29 is 4.79 Å². The van der Waals surface area contributed by atoms with Gasteiger partial charge in [0.15, 0.2) is 0 Å². The maximum atomic E-state index is 12.0. The molecule has 1 heterocycles. The van der Waals surface area contributed by atoms with Crippen molar-refractivity contribution in [1.82, 2.24) is 10.3 Å². The summed E-state index contributed by atoms with van der Waals surface area (Å²) in [5.74, 6) is 0. The molecular formula is C17H15Cl2N3O. The molecular weight excluding hydrogens is 333 g/mol. The number of hydrogen-bond acceptors (Lipinski definition) is 1. The van der Waals surface area contributed by atoms with Gasteiger partial charge in [-0.2, -0.15) is 0 Å². The molecule has 0 unspecified atom stereocenters. The molecule has 6 heteroatoms. The molecule has 0 aliphatic rings. The van der Waals surface area contributed by atoms with E-state index in [0.29, 0.717) is 22.3 Å². The van der Waals surface area contributed by atoms with Crippen LogP contribution in [-0.2, 0) is 6.42 Å². The van der Waals surface area contributed by atoms with E-state index < -0.39 is 0 Å². The molecule has 23 heavy (non-hydrogen) atoms. The number of fused-ring (bicyclic) bond motifs is 1. The van der Waals surface area contributed by atoms with E-state index in [1.165, 1.54) is 5.39 Å². The molecule has 0 spiro atoms. The fraction of sp³-hybridized carbons (Fsp3) is 0.118. The molecule has 0 saturated heterocycles. The van der Waals surface area contributed by atoms with Crippen LogP contribution >= 0.6 is 23.2 Å². The fourth-order valence-electron chi connectivity index (χ4n) is 2.42. The highest BCUT2D eigenvalue weighted by atomic mass is 35.5. The second kappa shape index (κ2) is 6.94. The predicted molar refractivity (Wildman–Crippen MR) is 95.5 cm³/mol. The number of amides is 2. The van der Waals surface area contributed by atoms with Gasteiger partial charge in [-0.3, -0.25) is 0 Å². The molecule has 3 N–H and O–H groups in total. The molecule has 4 nitrogen and oxygen atoms in total. The van der Waals surface area contributed by atoms with Crippen molar-refractivity contribution in [3.63, 3.8) is 0 Å². The predicted octanol–water partition coefficient (Wildman–Crippen LogP) is 4.84. The molecule has 0 atom stereocenters. The largest absolute Gasteiger partial charge is 0.361 e. The van der Waals surface area contributed by atoms with Crippen molar-refractivity contribution in [2.24, 2.45) is 0 Å². The first-order valence-corrected chi connectivity index (χ1v) is 7.94. The number of aromatic nitrogens is 1. The molecule has 0 radical (unpaired) electrons. The molecule has 118 valence electrons. The van der Waals surface area contributed by atoms with Gasteiger partial charge in [0.2, 0.25) is 0 Å². The third kappa shape index (κ3) is 3.60. The highest BCUT2D eigenvalue weighted by molar-refractivity contribution is 6.39. The average molecular weight is 348 g/mol. The van der Waals surface area contributed by atoms with E-state index in [4.69, 9.17) is 23.2 Å². The molecule has 0 saturated carbocycles. The Morgan fingerprint density at radius 1 is 1.04 bits per heavy atom. The molecule has 0 aliphatic carbocycles. The summed E-state index contributed by atoms with van der Waals surface area (Å²) < 4.78 is 0. The number of carbonyl (C=O) groups excluding carboxylic acids is 1. The Morgan fingerprint density at radius 3 is 2.57 bits per heavy atom. The van der Waals surface area contributed by atoms with Crippen LogP contribution in [0.5, 0.6) is 0 Å². The smallest absolute Gasteiger partial charge is 0.319 e. The molecule has 2 aromatic carbocycles. The van der Waals surface area contributed by atoms with E-state index in [1.807, 2.05) is 24.4 Å². The highest BCUT2D eigenvalue weighted by Gasteiger charge is 2.09. The first kappa shape index (κ1) is 15.7. The SMILES string of the molecule is O=C(NCCc1c[nH]c2ccccc12)Nc1c(Cl)cccc1Cl. The van der Waals surface area contributed by atoms with E-state index in [9.17, 15) is 4.79 Å². The number of carbonyl (C=O) groups is 1. The van der Waals surface area contributed by atoms with E-state index in [1.54, 1.807) is 18.2 Å². The maximum absolute atomic E-state index is 12.0. The van der Waals surface area contributed by atoms with Gasteiger partial charge in [-0.05, 0) is 30.2 Å². The Kier molecular flexibility index (Phi) is 4.74. The van der Waals surface area contributed by atoms with Crippen LogP contribution in [0.3, 0.4) is 0 Å². The lowest BCUT2D eigenvalue weighted by molar-refractivity contribution is 0.252.